The maximum atomic E-state index is 13.9. The minimum Gasteiger partial charge on any atom is -0.480 e. The molecule has 24 heteroatoms. The van der Waals surface area contributed by atoms with Gasteiger partial charge in [0.05, 0.1) is 36.2 Å². The molecule has 6 aromatic rings. The van der Waals surface area contributed by atoms with Gasteiger partial charge in [0.1, 0.15) is 24.9 Å². The standard InChI is InChI=1S/C49H53N13O10S/c1-61-42-34-11-5-6-12-37(34)62(25-29-8-3-4-10-33(29)40(42)59-60-61)39(65)20-19-38(64)51-21-7-9-28(45(67)56-36(26-73-2)48(71)72)22-32(63)17-18-35(47(69)70)55-44(66)27-13-15-30(16-14-27)52-23-31-24-53-43-41(54-31)46(68)58-49(50)57-43/h3-6,8,10-16,24,28,35-36H,7,9,17-23,25-26H2,1-2H3,(H9,50,51,52,53,55,56,57,58,64,66,67,68,69,70,71,72)/p+1/t28?,35-,36-/m0/s1. The molecule has 3 atom stereocenters. The molecule has 1 unspecified atom stereocenters. The molecule has 0 saturated heterocycles. The number of benzene rings is 3. The van der Waals surface area contributed by atoms with Gasteiger partial charge in [0, 0.05) is 65.8 Å². The number of amides is 4. The molecular formula is C49H54N13O10S+. The minimum absolute atomic E-state index is 0.0146. The van der Waals surface area contributed by atoms with Crippen LogP contribution in [0.4, 0.5) is 17.3 Å². The lowest BCUT2D eigenvalue weighted by molar-refractivity contribution is -0.720. The van der Waals surface area contributed by atoms with Crippen LogP contribution in [0, 0.1) is 5.92 Å². The summed E-state index contributed by atoms with van der Waals surface area (Å²) >= 11 is 1.21. The summed E-state index contributed by atoms with van der Waals surface area (Å²) in [4.78, 5) is 120. The van der Waals surface area contributed by atoms with E-state index in [2.05, 4.69) is 51.5 Å². The first kappa shape index (κ1) is 52.3. The third-order valence-electron chi connectivity index (χ3n) is 12.1. The maximum absolute atomic E-state index is 13.9. The highest BCUT2D eigenvalue weighted by atomic mass is 32.2. The number of hydrogen-bond donors (Lipinski definition) is 9. The number of fused-ring (bicyclic) bond motifs is 6. The van der Waals surface area contributed by atoms with Crippen LogP contribution in [0.3, 0.4) is 0 Å². The van der Waals surface area contributed by atoms with Crippen LogP contribution in [0.1, 0.15) is 66.6 Å². The minimum atomic E-state index is -1.47. The molecule has 0 aliphatic carbocycles. The van der Waals surface area contributed by atoms with Gasteiger partial charge in [-0.05, 0) is 73.5 Å². The first-order valence-electron chi connectivity index (χ1n) is 23.2. The number of carbonyl (C=O) groups excluding carboxylic acids is 5. The van der Waals surface area contributed by atoms with E-state index in [9.17, 15) is 48.6 Å². The summed E-state index contributed by atoms with van der Waals surface area (Å²) in [6, 6.07) is 18.6. The average Bonchev–Trinajstić information content (AvgIpc) is 3.75. The van der Waals surface area contributed by atoms with Crippen molar-refractivity contribution in [3.05, 3.63) is 106 Å². The molecule has 4 amide bonds. The quantitative estimate of drug-likeness (QED) is 0.0329. The van der Waals surface area contributed by atoms with E-state index in [-0.39, 0.29) is 98.9 Å². The molecule has 73 heavy (non-hydrogen) atoms. The zero-order valence-electron chi connectivity index (χ0n) is 39.8. The number of anilines is 3. The fourth-order valence-electron chi connectivity index (χ4n) is 8.31. The second-order valence-corrected chi connectivity index (χ2v) is 18.1. The van der Waals surface area contributed by atoms with Crippen molar-refractivity contribution < 1.29 is 48.5 Å². The molecule has 1 aliphatic heterocycles. The van der Waals surface area contributed by atoms with E-state index in [0.717, 1.165) is 28.1 Å². The molecular weight excluding hydrogens is 963 g/mol. The van der Waals surface area contributed by atoms with E-state index in [0.29, 0.717) is 17.1 Å². The topological polar surface area (TPSA) is 341 Å². The third kappa shape index (κ3) is 13.3. The Hall–Kier alpha value is -8.54. The first-order chi connectivity index (χ1) is 35.1. The number of aromatic nitrogens is 7. The number of aromatic amines is 2. The van der Waals surface area contributed by atoms with Crippen molar-refractivity contribution in [1.29, 1.82) is 0 Å². The van der Waals surface area contributed by atoms with Crippen LogP contribution in [0.25, 0.3) is 33.7 Å². The van der Waals surface area contributed by atoms with Gasteiger partial charge >= 0.3 is 11.9 Å². The number of ketones is 1. The smallest absolute Gasteiger partial charge is 0.327 e. The lowest BCUT2D eigenvalue weighted by Gasteiger charge is -2.27. The Morgan fingerprint density at radius 1 is 0.877 bits per heavy atom. The number of nitrogens with two attached hydrogens (primary N) is 1. The van der Waals surface area contributed by atoms with Crippen molar-refractivity contribution in [2.75, 3.05) is 34.5 Å². The van der Waals surface area contributed by atoms with Crippen LogP contribution >= 0.6 is 11.8 Å². The fraction of sp³-hybridized carbons (Fsp3) is 0.327. The molecule has 380 valence electrons. The lowest BCUT2D eigenvalue weighted by Crippen LogP contribution is -2.45. The molecule has 3 aromatic carbocycles. The van der Waals surface area contributed by atoms with Gasteiger partial charge in [-0.2, -0.15) is 21.4 Å². The van der Waals surface area contributed by atoms with E-state index in [1.54, 1.807) is 28.0 Å². The Balaban J connectivity index is 0.906. The van der Waals surface area contributed by atoms with Gasteiger partial charge in [-0.25, -0.2) is 19.6 Å². The van der Waals surface area contributed by atoms with Crippen LogP contribution in [0.5, 0.6) is 0 Å². The van der Waals surface area contributed by atoms with Gasteiger partial charge in [-0.15, -0.1) is 0 Å². The molecule has 1 aliphatic rings. The molecule has 0 saturated carbocycles. The maximum Gasteiger partial charge on any atom is 0.327 e. The van der Waals surface area contributed by atoms with Gasteiger partial charge in [-0.1, -0.05) is 35.5 Å². The van der Waals surface area contributed by atoms with Gasteiger partial charge in [0.2, 0.25) is 29.4 Å². The highest BCUT2D eigenvalue weighted by Gasteiger charge is 2.33. The van der Waals surface area contributed by atoms with Crippen molar-refractivity contribution in [2.24, 2.45) is 13.0 Å². The van der Waals surface area contributed by atoms with Crippen LogP contribution in [0.15, 0.2) is 83.8 Å². The number of carbonyl (C=O) groups is 7. The van der Waals surface area contributed by atoms with Crippen molar-refractivity contribution in [3.63, 3.8) is 0 Å². The number of aliphatic carboxylic acids is 2. The van der Waals surface area contributed by atoms with Crippen LogP contribution < -0.4 is 42.1 Å². The number of Topliss-reactive ketones (excluding diaryl/α,β-unsaturated/α-hetero) is 1. The SMILES string of the molecule is CSC[C@H](NC(=O)C(CCCNC(=O)CCC(=O)N1Cc2ccccc2-c2n[nH][n+](C)c2-c2ccccc21)CC(=O)CC[C@H](NC(=O)c1ccc(NCc2cnc3nc(N)[nH]c(=O)c3n2)cc1)C(=O)O)C(=O)O. The summed E-state index contributed by atoms with van der Waals surface area (Å²) in [7, 11) is 1.84. The van der Waals surface area contributed by atoms with Crippen molar-refractivity contribution >= 4 is 81.6 Å². The molecule has 10 N–H and O–H groups in total. The number of aryl methyl sites for hydroxylation is 1. The highest BCUT2D eigenvalue weighted by molar-refractivity contribution is 7.98. The predicted octanol–water partition coefficient (Wildman–Crippen LogP) is 2.48. The van der Waals surface area contributed by atoms with E-state index >= 15 is 0 Å². The largest absolute Gasteiger partial charge is 0.480 e. The molecule has 0 spiro atoms. The summed E-state index contributed by atoms with van der Waals surface area (Å²) in [5, 5.41) is 38.0. The van der Waals surface area contributed by atoms with Crippen molar-refractivity contribution in [1.82, 2.24) is 46.2 Å². The monoisotopic (exact) mass is 1020 g/mol. The van der Waals surface area contributed by atoms with Gasteiger partial charge < -0.3 is 42.1 Å². The molecule has 0 bridgehead atoms. The number of nitrogens with zero attached hydrogens (tertiary/aromatic N) is 6. The van der Waals surface area contributed by atoms with Crippen molar-refractivity contribution in [2.45, 2.75) is 70.1 Å². The zero-order valence-corrected chi connectivity index (χ0v) is 40.7. The molecule has 3 aromatic heterocycles. The molecule has 0 fully saturated rings. The number of carboxylic acid groups (broad SMARTS) is 2. The number of nitrogens with one attached hydrogen (secondary N) is 6. The Labute approximate surface area is 421 Å². The van der Waals surface area contributed by atoms with E-state index in [4.69, 9.17) is 5.73 Å². The third-order valence-corrected chi connectivity index (χ3v) is 12.7. The summed E-state index contributed by atoms with van der Waals surface area (Å²) in [6.45, 7) is 0.492. The second-order valence-electron chi connectivity index (χ2n) is 17.2. The number of para-hydroxylation sites is 1. The van der Waals surface area contributed by atoms with Crippen LogP contribution in [-0.2, 0) is 48.9 Å². The number of carboxylic acids is 2. The molecule has 23 nitrogen and oxygen atoms in total. The van der Waals surface area contributed by atoms with Gasteiger partial charge in [0.25, 0.3) is 17.2 Å². The number of thioether (sulfide) groups is 1. The predicted molar refractivity (Wildman–Crippen MR) is 269 cm³/mol. The van der Waals surface area contributed by atoms with Crippen molar-refractivity contribution in [3.8, 4) is 22.5 Å². The summed E-state index contributed by atoms with van der Waals surface area (Å²) in [5.41, 5.74) is 11.0. The Kier molecular flexibility index (Phi) is 17.2. The Morgan fingerprint density at radius 2 is 1.60 bits per heavy atom. The van der Waals surface area contributed by atoms with E-state index < -0.39 is 59.0 Å². The summed E-state index contributed by atoms with van der Waals surface area (Å²) < 4.78 is 1.79. The number of rotatable bonds is 23. The number of H-pyrrole nitrogens is 2. The summed E-state index contributed by atoms with van der Waals surface area (Å²) in [6.07, 6.45) is 2.15. The first-order valence-corrected chi connectivity index (χ1v) is 24.6. The lowest BCUT2D eigenvalue weighted by atomic mass is 9.93. The second kappa shape index (κ2) is 24.0. The van der Waals surface area contributed by atoms with Crippen LogP contribution in [-0.4, -0.2) is 112 Å². The van der Waals surface area contributed by atoms with E-state index in [1.165, 1.54) is 30.1 Å². The van der Waals surface area contributed by atoms with Gasteiger partial charge in [-0.3, -0.25) is 33.8 Å². The average molecular weight is 1020 g/mol. The number of hydrogen-bond acceptors (Lipinski definition) is 15. The molecule has 7 rings (SSSR count). The normalized spacial score (nSPS) is 12.9. The zero-order chi connectivity index (χ0) is 52.2. The Bertz CT molecular complexity index is 3110. The summed E-state index contributed by atoms with van der Waals surface area (Å²) in [5.74, 6) is -6.29. The number of nitrogen functional groups attached to an aromatic ring is 1. The van der Waals surface area contributed by atoms with Gasteiger partial charge in [0.15, 0.2) is 11.2 Å². The Morgan fingerprint density at radius 3 is 2.34 bits per heavy atom. The van der Waals surface area contributed by atoms with Crippen LogP contribution in [0.2, 0.25) is 0 Å². The fourth-order valence-corrected chi connectivity index (χ4v) is 8.86. The molecule has 0 radical (unpaired) electrons. The highest BCUT2D eigenvalue weighted by Crippen LogP contribution is 2.39. The molecule has 4 heterocycles. The van der Waals surface area contributed by atoms with E-state index in [1.807, 2.05) is 55.6 Å².